The zero-order chi connectivity index (χ0) is 15.4. The molecule has 0 atom stereocenters. The van der Waals surface area contributed by atoms with Gasteiger partial charge >= 0.3 is 0 Å². The first-order chi connectivity index (χ1) is 10.0. The van der Waals surface area contributed by atoms with E-state index in [1.807, 2.05) is 43.3 Å². The van der Waals surface area contributed by atoms with Gasteiger partial charge in [-0.1, -0.05) is 6.07 Å². The normalized spacial score (nSPS) is 10.3. The monoisotopic (exact) mass is 290 g/mol. The minimum absolute atomic E-state index is 0.130. The fourth-order valence-electron chi connectivity index (χ4n) is 1.86. The molecule has 21 heavy (non-hydrogen) atoms. The number of anilines is 2. The Bertz CT molecular complexity index is 630. The third-order valence-electron chi connectivity index (χ3n) is 2.93. The van der Waals surface area contributed by atoms with Crippen LogP contribution in [0.2, 0.25) is 0 Å². The van der Waals surface area contributed by atoms with Crippen molar-refractivity contribution in [2.75, 3.05) is 31.3 Å². The molecule has 0 amide bonds. The summed E-state index contributed by atoms with van der Waals surface area (Å²) in [6, 6.07) is 10.2. The van der Waals surface area contributed by atoms with Crippen LogP contribution < -0.4 is 20.1 Å². The van der Waals surface area contributed by atoms with Crippen LogP contribution in [0.5, 0.6) is 17.2 Å². The van der Waals surface area contributed by atoms with Crippen LogP contribution in [0.15, 0.2) is 36.4 Å². The van der Waals surface area contributed by atoms with Crippen LogP contribution in [-0.2, 0) is 0 Å². The molecular formula is C16H19FN2O2. The molecule has 0 radical (unpaired) electrons. The number of nitrogen functional groups attached to an aromatic ring is 1. The third kappa shape index (κ3) is 3.56. The van der Waals surface area contributed by atoms with E-state index in [2.05, 4.69) is 0 Å². The molecule has 0 saturated heterocycles. The topological polar surface area (TPSA) is 47.7 Å². The fourth-order valence-corrected chi connectivity index (χ4v) is 1.86. The van der Waals surface area contributed by atoms with Gasteiger partial charge in [0.2, 0.25) is 0 Å². The summed E-state index contributed by atoms with van der Waals surface area (Å²) in [5.41, 5.74) is 7.03. The number of hydrogen-bond acceptors (Lipinski definition) is 4. The summed E-state index contributed by atoms with van der Waals surface area (Å²) in [6.07, 6.45) is 0. The van der Waals surface area contributed by atoms with E-state index in [1.54, 1.807) is 6.92 Å². The van der Waals surface area contributed by atoms with Crippen LogP contribution in [0, 0.1) is 5.82 Å². The van der Waals surface area contributed by atoms with E-state index in [0.717, 1.165) is 5.69 Å². The first-order valence-electron chi connectivity index (χ1n) is 6.68. The van der Waals surface area contributed by atoms with Crippen LogP contribution in [-0.4, -0.2) is 20.7 Å². The predicted molar refractivity (Wildman–Crippen MR) is 82.8 cm³/mol. The Morgan fingerprint density at radius 1 is 1.14 bits per heavy atom. The average Bonchev–Trinajstić information content (AvgIpc) is 2.44. The van der Waals surface area contributed by atoms with E-state index in [-0.39, 0.29) is 11.4 Å². The van der Waals surface area contributed by atoms with E-state index >= 15 is 0 Å². The van der Waals surface area contributed by atoms with E-state index < -0.39 is 5.82 Å². The van der Waals surface area contributed by atoms with Crippen LogP contribution >= 0.6 is 0 Å². The van der Waals surface area contributed by atoms with Crippen molar-refractivity contribution >= 4 is 11.4 Å². The maximum atomic E-state index is 13.7. The smallest absolute Gasteiger partial charge is 0.167 e. The van der Waals surface area contributed by atoms with Crippen LogP contribution in [0.25, 0.3) is 0 Å². The molecule has 0 heterocycles. The molecule has 4 nitrogen and oxygen atoms in total. The first kappa shape index (κ1) is 15.0. The number of nitrogens with two attached hydrogens (primary N) is 1. The van der Waals surface area contributed by atoms with Crippen molar-refractivity contribution < 1.29 is 13.9 Å². The van der Waals surface area contributed by atoms with Crippen molar-refractivity contribution in [1.29, 1.82) is 0 Å². The standard InChI is InChI=1S/C16H19FN2O2/c1-4-20-15-10-16(14(18)9-13(15)17)21-12-7-5-6-11(8-12)19(2)3/h5-10H,4,18H2,1-3H3. The molecule has 2 aromatic rings. The van der Waals surface area contributed by atoms with Crippen molar-refractivity contribution in [3.63, 3.8) is 0 Å². The maximum absolute atomic E-state index is 13.7. The lowest BCUT2D eigenvalue weighted by Gasteiger charge is -2.15. The molecule has 2 aromatic carbocycles. The highest BCUT2D eigenvalue weighted by Crippen LogP contribution is 2.34. The Labute approximate surface area is 123 Å². The number of halogens is 1. The van der Waals surface area contributed by atoms with E-state index in [9.17, 15) is 4.39 Å². The Balaban J connectivity index is 2.30. The molecule has 0 aliphatic carbocycles. The molecule has 0 spiro atoms. The lowest BCUT2D eigenvalue weighted by Crippen LogP contribution is -2.08. The molecule has 112 valence electrons. The van der Waals surface area contributed by atoms with Crippen LogP contribution in [0.3, 0.4) is 0 Å². The van der Waals surface area contributed by atoms with Gasteiger partial charge in [0.25, 0.3) is 0 Å². The Morgan fingerprint density at radius 3 is 2.57 bits per heavy atom. The van der Waals surface area contributed by atoms with E-state index in [1.165, 1.54) is 12.1 Å². The number of hydrogen-bond donors (Lipinski definition) is 1. The number of benzene rings is 2. The number of nitrogens with zero attached hydrogens (tertiary/aromatic N) is 1. The second-order valence-corrected chi connectivity index (χ2v) is 4.75. The Morgan fingerprint density at radius 2 is 1.90 bits per heavy atom. The van der Waals surface area contributed by atoms with Crippen molar-refractivity contribution in [1.82, 2.24) is 0 Å². The lowest BCUT2D eigenvalue weighted by atomic mass is 10.2. The van der Waals surface area contributed by atoms with Gasteiger partial charge < -0.3 is 20.1 Å². The van der Waals surface area contributed by atoms with Gasteiger partial charge in [-0.3, -0.25) is 0 Å². The van der Waals surface area contributed by atoms with Gasteiger partial charge in [0.1, 0.15) is 5.75 Å². The molecule has 0 aliphatic rings. The van der Waals surface area contributed by atoms with Gasteiger partial charge in [-0.2, -0.15) is 0 Å². The first-order valence-corrected chi connectivity index (χ1v) is 6.68. The number of rotatable bonds is 5. The van der Waals surface area contributed by atoms with Gasteiger partial charge in [-0.25, -0.2) is 4.39 Å². The van der Waals surface area contributed by atoms with E-state index in [4.69, 9.17) is 15.2 Å². The van der Waals surface area contributed by atoms with Gasteiger partial charge in [-0.15, -0.1) is 0 Å². The SMILES string of the molecule is CCOc1cc(Oc2cccc(N(C)C)c2)c(N)cc1F. The molecular weight excluding hydrogens is 271 g/mol. The minimum Gasteiger partial charge on any atom is -0.491 e. The summed E-state index contributed by atoms with van der Waals surface area (Å²) in [5.74, 6) is 0.631. The highest BCUT2D eigenvalue weighted by atomic mass is 19.1. The number of ether oxygens (including phenoxy) is 2. The summed E-state index contributed by atoms with van der Waals surface area (Å²) in [4.78, 5) is 1.96. The minimum atomic E-state index is -0.497. The summed E-state index contributed by atoms with van der Waals surface area (Å²) in [5, 5.41) is 0. The molecule has 0 aromatic heterocycles. The summed E-state index contributed by atoms with van der Waals surface area (Å²) in [7, 11) is 3.89. The molecule has 0 aliphatic heterocycles. The molecule has 0 fully saturated rings. The quantitative estimate of drug-likeness (QED) is 0.854. The fraction of sp³-hybridized carbons (Fsp3) is 0.250. The Hall–Kier alpha value is -2.43. The van der Waals surface area contributed by atoms with Gasteiger partial charge in [0, 0.05) is 38.0 Å². The van der Waals surface area contributed by atoms with Crippen molar-refractivity contribution in [3.8, 4) is 17.2 Å². The van der Waals surface area contributed by atoms with Crippen LogP contribution in [0.4, 0.5) is 15.8 Å². The summed E-state index contributed by atoms with van der Waals surface area (Å²) in [6.45, 7) is 2.16. The molecule has 2 rings (SSSR count). The van der Waals surface area contributed by atoms with E-state index in [0.29, 0.717) is 18.1 Å². The molecule has 0 saturated carbocycles. The zero-order valence-corrected chi connectivity index (χ0v) is 12.4. The molecule has 0 unspecified atom stereocenters. The van der Waals surface area contributed by atoms with Gasteiger partial charge in [0.15, 0.2) is 17.3 Å². The van der Waals surface area contributed by atoms with Crippen molar-refractivity contribution in [2.24, 2.45) is 0 Å². The highest BCUT2D eigenvalue weighted by Gasteiger charge is 2.11. The summed E-state index contributed by atoms with van der Waals surface area (Å²) < 4.78 is 24.6. The highest BCUT2D eigenvalue weighted by molar-refractivity contribution is 5.58. The van der Waals surface area contributed by atoms with Crippen molar-refractivity contribution in [3.05, 3.63) is 42.2 Å². The van der Waals surface area contributed by atoms with Gasteiger partial charge in [-0.05, 0) is 19.1 Å². The van der Waals surface area contributed by atoms with Crippen LogP contribution in [0.1, 0.15) is 6.92 Å². The zero-order valence-electron chi connectivity index (χ0n) is 12.4. The third-order valence-corrected chi connectivity index (χ3v) is 2.93. The molecule has 0 bridgehead atoms. The molecule has 5 heteroatoms. The second kappa shape index (κ2) is 6.35. The Kier molecular flexibility index (Phi) is 4.52. The largest absolute Gasteiger partial charge is 0.491 e. The van der Waals surface area contributed by atoms with Crippen molar-refractivity contribution in [2.45, 2.75) is 6.92 Å². The molecule has 2 N–H and O–H groups in total. The predicted octanol–water partition coefficient (Wildman–Crippen LogP) is 3.66. The second-order valence-electron chi connectivity index (χ2n) is 4.75. The summed E-state index contributed by atoms with van der Waals surface area (Å²) >= 11 is 0. The maximum Gasteiger partial charge on any atom is 0.167 e. The lowest BCUT2D eigenvalue weighted by molar-refractivity contribution is 0.319. The average molecular weight is 290 g/mol. The van der Waals surface area contributed by atoms with Gasteiger partial charge in [0.05, 0.1) is 12.3 Å².